The van der Waals surface area contributed by atoms with Gasteiger partial charge in [-0.1, -0.05) is 30.0 Å². The Hall–Kier alpha value is -2.80. The quantitative estimate of drug-likeness (QED) is 0.655. The zero-order chi connectivity index (χ0) is 13.5. The Morgan fingerprint density at radius 1 is 1.37 bits per heavy atom. The first-order chi connectivity index (χ1) is 9.24. The molecule has 0 spiro atoms. The van der Waals surface area contributed by atoms with Crippen molar-refractivity contribution in [2.75, 3.05) is 5.32 Å². The van der Waals surface area contributed by atoms with Gasteiger partial charge in [-0.2, -0.15) is 5.10 Å². The van der Waals surface area contributed by atoms with Gasteiger partial charge in [0.15, 0.2) is 0 Å². The number of anilines is 1. The Labute approximate surface area is 111 Å². The zero-order valence-electron chi connectivity index (χ0n) is 10.5. The van der Waals surface area contributed by atoms with E-state index in [1.807, 2.05) is 43.6 Å². The molecule has 2 rings (SSSR count). The largest absolute Gasteiger partial charge is 0.322 e. The van der Waals surface area contributed by atoms with Crippen LogP contribution in [-0.4, -0.2) is 15.7 Å². The average molecular weight is 251 g/mol. The molecular weight excluding hydrogens is 238 g/mol. The maximum Gasteiger partial charge on any atom is 0.249 e. The Bertz CT molecular complexity index is 645. The van der Waals surface area contributed by atoms with Crippen LogP contribution in [0.4, 0.5) is 5.69 Å². The van der Waals surface area contributed by atoms with E-state index in [0.29, 0.717) is 0 Å². The molecule has 0 aliphatic carbocycles. The number of amides is 1. The number of hydrogen-bond donors (Lipinski definition) is 1. The van der Waals surface area contributed by atoms with Crippen LogP contribution in [0.3, 0.4) is 0 Å². The highest BCUT2D eigenvalue weighted by Gasteiger charge is 1.94. The van der Waals surface area contributed by atoms with Crippen LogP contribution in [-0.2, 0) is 11.8 Å². The van der Waals surface area contributed by atoms with Crippen molar-refractivity contribution in [2.24, 2.45) is 7.05 Å². The van der Waals surface area contributed by atoms with Crippen molar-refractivity contribution in [3.8, 4) is 11.8 Å². The number of aryl methyl sites for hydroxylation is 1. The van der Waals surface area contributed by atoms with E-state index in [4.69, 9.17) is 0 Å². The van der Waals surface area contributed by atoms with Gasteiger partial charge in [0, 0.05) is 25.0 Å². The summed E-state index contributed by atoms with van der Waals surface area (Å²) in [5.41, 5.74) is 1.58. The number of benzene rings is 1. The summed E-state index contributed by atoms with van der Waals surface area (Å²) in [5, 5.41) is 6.73. The number of carbonyl (C=O) groups excluding carboxylic acids is 1. The zero-order valence-corrected chi connectivity index (χ0v) is 10.5. The van der Waals surface area contributed by atoms with Crippen LogP contribution >= 0.6 is 0 Å². The molecule has 1 aromatic heterocycles. The lowest BCUT2D eigenvalue weighted by molar-refractivity contribution is -0.111. The second kappa shape index (κ2) is 6.22. The first kappa shape index (κ1) is 12.7. The molecule has 0 atom stereocenters. The lowest BCUT2D eigenvalue weighted by Crippen LogP contribution is -2.07. The Morgan fingerprint density at radius 3 is 2.84 bits per heavy atom. The van der Waals surface area contributed by atoms with E-state index in [0.717, 1.165) is 11.3 Å². The molecule has 1 aromatic carbocycles. The van der Waals surface area contributed by atoms with Crippen molar-refractivity contribution in [2.45, 2.75) is 0 Å². The van der Waals surface area contributed by atoms with Crippen LogP contribution in [0.1, 0.15) is 5.56 Å². The fourth-order valence-corrected chi connectivity index (χ4v) is 1.43. The van der Waals surface area contributed by atoms with Crippen molar-refractivity contribution >= 4 is 11.6 Å². The molecular formula is C15H13N3O. The monoisotopic (exact) mass is 251 g/mol. The minimum absolute atomic E-state index is 0.202. The van der Waals surface area contributed by atoms with Gasteiger partial charge in [-0.25, -0.2) is 0 Å². The highest BCUT2D eigenvalue weighted by molar-refractivity contribution is 5.99. The molecule has 2 aromatic rings. The number of para-hydroxylation sites is 1. The van der Waals surface area contributed by atoms with Gasteiger partial charge in [0.2, 0.25) is 5.91 Å². The smallest absolute Gasteiger partial charge is 0.249 e. The third-order valence-electron chi connectivity index (χ3n) is 2.28. The topological polar surface area (TPSA) is 46.9 Å². The molecule has 94 valence electrons. The summed E-state index contributed by atoms with van der Waals surface area (Å²) < 4.78 is 1.68. The summed E-state index contributed by atoms with van der Waals surface area (Å²) >= 11 is 0. The van der Waals surface area contributed by atoms with Crippen LogP contribution in [0.25, 0.3) is 0 Å². The van der Waals surface area contributed by atoms with Crippen LogP contribution in [0, 0.1) is 11.8 Å². The normalized spacial score (nSPS) is 9.95. The molecule has 1 heterocycles. The maximum absolute atomic E-state index is 11.5. The van der Waals surface area contributed by atoms with Gasteiger partial charge in [-0.3, -0.25) is 9.48 Å². The lowest BCUT2D eigenvalue weighted by atomic mass is 10.3. The number of rotatable bonds is 2. The predicted octanol–water partition coefficient (Wildman–Crippen LogP) is 1.97. The predicted molar refractivity (Wildman–Crippen MR) is 74.3 cm³/mol. The van der Waals surface area contributed by atoms with E-state index < -0.39 is 0 Å². The summed E-state index contributed by atoms with van der Waals surface area (Å²) in [6.07, 6.45) is 6.40. The van der Waals surface area contributed by atoms with Crippen LogP contribution in [0.15, 0.2) is 54.9 Å². The fraction of sp³-hybridized carbons (Fsp3) is 0.0667. The Morgan fingerprint density at radius 2 is 2.16 bits per heavy atom. The number of carbonyl (C=O) groups is 1. The van der Waals surface area contributed by atoms with Gasteiger partial charge >= 0.3 is 0 Å². The molecule has 0 saturated carbocycles. The standard InChI is InChI=1S/C15H13N3O/c1-18-12-13(11-16-18)7-5-6-10-15(19)17-14-8-3-2-4-9-14/h2-4,6,8-12H,1H3,(H,17,19)/b10-6-. The molecule has 0 unspecified atom stereocenters. The highest BCUT2D eigenvalue weighted by Crippen LogP contribution is 2.04. The third-order valence-corrected chi connectivity index (χ3v) is 2.28. The summed E-state index contributed by atoms with van der Waals surface area (Å²) in [4.78, 5) is 11.5. The average Bonchev–Trinajstić information content (AvgIpc) is 2.82. The number of hydrogen-bond acceptors (Lipinski definition) is 2. The molecule has 0 aliphatic heterocycles. The number of nitrogens with zero attached hydrogens (tertiary/aromatic N) is 2. The minimum Gasteiger partial charge on any atom is -0.322 e. The van der Waals surface area contributed by atoms with Gasteiger partial charge in [-0.15, -0.1) is 0 Å². The van der Waals surface area contributed by atoms with Gasteiger partial charge in [-0.05, 0) is 18.2 Å². The second-order valence-electron chi connectivity index (χ2n) is 3.86. The van der Waals surface area contributed by atoms with Crippen molar-refractivity contribution in [3.05, 3.63) is 60.4 Å². The molecule has 0 saturated heterocycles. The molecule has 0 aliphatic rings. The van der Waals surface area contributed by atoms with Crippen molar-refractivity contribution in [1.82, 2.24) is 9.78 Å². The molecule has 0 bridgehead atoms. The van der Waals surface area contributed by atoms with Gasteiger partial charge in [0.05, 0.1) is 11.8 Å². The van der Waals surface area contributed by atoms with E-state index in [2.05, 4.69) is 22.3 Å². The van der Waals surface area contributed by atoms with Crippen LogP contribution in [0.2, 0.25) is 0 Å². The molecule has 4 nitrogen and oxygen atoms in total. The van der Waals surface area contributed by atoms with Crippen molar-refractivity contribution in [1.29, 1.82) is 0 Å². The summed E-state index contributed by atoms with van der Waals surface area (Å²) in [7, 11) is 1.83. The molecule has 1 N–H and O–H groups in total. The molecule has 1 amide bonds. The highest BCUT2D eigenvalue weighted by atomic mass is 16.1. The van der Waals surface area contributed by atoms with Crippen LogP contribution in [0.5, 0.6) is 0 Å². The minimum atomic E-state index is -0.202. The fourth-order valence-electron chi connectivity index (χ4n) is 1.43. The summed E-state index contributed by atoms with van der Waals surface area (Å²) in [5.74, 6) is 5.47. The Kier molecular flexibility index (Phi) is 4.14. The van der Waals surface area contributed by atoms with Gasteiger partial charge in [0.25, 0.3) is 0 Å². The molecule has 0 radical (unpaired) electrons. The van der Waals surface area contributed by atoms with Gasteiger partial charge in [0.1, 0.15) is 0 Å². The number of aromatic nitrogens is 2. The van der Waals surface area contributed by atoms with E-state index >= 15 is 0 Å². The SMILES string of the molecule is Cn1cc(C#C/C=C\C(=O)Nc2ccccc2)cn1. The molecule has 0 fully saturated rings. The third kappa shape index (κ3) is 4.17. The van der Waals surface area contributed by atoms with E-state index in [-0.39, 0.29) is 5.91 Å². The van der Waals surface area contributed by atoms with Crippen molar-refractivity contribution < 1.29 is 4.79 Å². The van der Waals surface area contributed by atoms with E-state index in [1.165, 1.54) is 12.2 Å². The second-order valence-corrected chi connectivity index (χ2v) is 3.86. The molecule has 4 heteroatoms. The lowest BCUT2D eigenvalue weighted by Gasteiger charge is -1.99. The van der Waals surface area contributed by atoms with E-state index in [9.17, 15) is 4.79 Å². The number of nitrogens with one attached hydrogen (secondary N) is 1. The summed E-state index contributed by atoms with van der Waals surface area (Å²) in [6, 6.07) is 9.27. The van der Waals surface area contributed by atoms with Crippen molar-refractivity contribution in [3.63, 3.8) is 0 Å². The van der Waals surface area contributed by atoms with E-state index in [1.54, 1.807) is 10.9 Å². The molecule has 19 heavy (non-hydrogen) atoms. The first-order valence-electron chi connectivity index (χ1n) is 5.77. The Balaban J connectivity index is 1.89. The summed E-state index contributed by atoms with van der Waals surface area (Å²) in [6.45, 7) is 0. The van der Waals surface area contributed by atoms with Gasteiger partial charge < -0.3 is 5.32 Å². The number of allylic oxidation sites excluding steroid dienone is 1. The first-order valence-corrected chi connectivity index (χ1v) is 5.77. The van der Waals surface area contributed by atoms with Crippen LogP contribution < -0.4 is 5.32 Å². The maximum atomic E-state index is 11.5.